The van der Waals surface area contributed by atoms with Crippen molar-refractivity contribution in [1.82, 2.24) is 24.4 Å². The van der Waals surface area contributed by atoms with E-state index in [1.54, 1.807) is 10.6 Å². The first-order valence-corrected chi connectivity index (χ1v) is 12.4. The number of rotatable bonds is 4. The minimum atomic E-state index is -0.173. The first kappa shape index (κ1) is 31.3. The highest BCUT2D eigenvalue weighted by atomic mass is 16.5. The average Bonchev–Trinajstić information content (AvgIpc) is 3.63. The quantitative estimate of drug-likeness (QED) is 0.369. The van der Waals surface area contributed by atoms with Gasteiger partial charge in [-0.15, -0.1) is 0 Å². The van der Waals surface area contributed by atoms with E-state index in [0.29, 0.717) is 24.0 Å². The number of aldehydes is 1. The molecule has 210 valence electrons. The first-order chi connectivity index (χ1) is 18.8. The summed E-state index contributed by atoms with van der Waals surface area (Å²) >= 11 is 0. The third kappa shape index (κ3) is 8.03. The number of carbonyl (C=O) groups excluding carboxylic acids is 2. The second kappa shape index (κ2) is 14.9. The van der Waals surface area contributed by atoms with E-state index in [-0.39, 0.29) is 11.6 Å². The molecule has 1 fully saturated rings. The SMILES string of the molecule is C=O.CNc1cc(-c2noc([C@@H]3CN(C(C)(C)C)CCO3)n2)ccc1C.CO.O=Cc1cnc2ccccn12. The summed E-state index contributed by atoms with van der Waals surface area (Å²) in [5.74, 6) is 1.14. The van der Waals surface area contributed by atoms with Crippen LogP contribution in [0.3, 0.4) is 0 Å². The zero-order valence-electron chi connectivity index (χ0n) is 23.4. The van der Waals surface area contributed by atoms with Gasteiger partial charge in [0.1, 0.15) is 24.2 Å². The fourth-order valence-corrected chi connectivity index (χ4v) is 3.96. The molecule has 1 saturated heterocycles. The van der Waals surface area contributed by atoms with Crippen molar-refractivity contribution in [3.63, 3.8) is 0 Å². The molecule has 2 N–H and O–H groups in total. The molecule has 1 atom stereocenters. The van der Waals surface area contributed by atoms with Gasteiger partial charge in [0.2, 0.25) is 5.82 Å². The molecule has 0 unspecified atom stereocenters. The van der Waals surface area contributed by atoms with Crippen molar-refractivity contribution in [3.05, 3.63) is 65.9 Å². The Balaban J connectivity index is 0.000000295. The van der Waals surface area contributed by atoms with Gasteiger partial charge >= 0.3 is 0 Å². The number of fused-ring (bicyclic) bond motifs is 1. The number of ether oxygens (including phenoxy) is 1. The van der Waals surface area contributed by atoms with Gasteiger partial charge in [-0.2, -0.15) is 4.98 Å². The van der Waals surface area contributed by atoms with Crippen molar-refractivity contribution >= 4 is 24.4 Å². The zero-order valence-corrected chi connectivity index (χ0v) is 23.4. The van der Waals surface area contributed by atoms with E-state index < -0.39 is 0 Å². The standard InChI is InChI=1S/C18H26N4O2.C8H6N2O.CH4O.CH2O/c1-12-6-7-13(10-14(12)19-5)16-20-17(24-21-16)15-11-22(8-9-23-15)18(2,3)4;11-6-7-5-9-8-3-1-2-4-10(7)8;2*1-2/h6-7,10,15,19H,8-9,11H2,1-5H3;1-6H;2H,1H3;1H2/t15-;;;/m0.../s1. The lowest BCUT2D eigenvalue weighted by Crippen LogP contribution is -2.48. The second-order valence-corrected chi connectivity index (χ2v) is 9.44. The Kier molecular flexibility index (Phi) is 11.9. The first-order valence-electron chi connectivity index (χ1n) is 12.4. The van der Waals surface area contributed by atoms with Gasteiger partial charge in [-0.3, -0.25) is 14.1 Å². The highest BCUT2D eigenvalue weighted by molar-refractivity contribution is 5.73. The number of nitrogens with one attached hydrogen (secondary N) is 1. The summed E-state index contributed by atoms with van der Waals surface area (Å²) < 4.78 is 13.1. The molecule has 0 saturated carbocycles. The fourth-order valence-electron chi connectivity index (χ4n) is 3.96. The minimum Gasteiger partial charge on any atom is -0.400 e. The van der Waals surface area contributed by atoms with Crippen LogP contribution in [0.4, 0.5) is 5.69 Å². The molecule has 4 aromatic rings. The number of aliphatic hydroxyl groups is 1. The summed E-state index contributed by atoms with van der Waals surface area (Å²) in [5.41, 5.74) is 4.66. The molecular formula is C28H38N6O5. The van der Waals surface area contributed by atoms with Crippen LogP contribution in [-0.2, 0) is 9.53 Å². The molecule has 0 bridgehead atoms. The number of carbonyl (C=O) groups is 2. The number of nitrogens with zero attached hydrogens (tertiary/aromatic N) is 5. The van der Waals surface area contributed by atoms with Crippen LogP contribution >= 0.6 is 0 Å². The van der Waals surface area contributed by atoms with Gasteiger partial charge in [-0.1, -0.05) is 23.4 Å². The van der Waals surface area contributed by atoms with E-state index in [2.05, 4.69) is 59.1 Å². The molecule has 1 aliphatic rings. The number of hydrogen-bond acceptors (Lipinski definition) is 10. The van der Waals surface area contributed by atoms with E-state index in [4.69, 9.17) is 19.2 Å². The molecule has 0 aliphatic carbocycles. The van der Waals surface area contributed by atoms with E-state index in [0.717, 1.165) is 43.4 Å². The molecule has 39 heavy (non-hydrogen) atoms. The van der Waals surface area contributed by atoms with Crippen molar-refractivity contribution in [3.8, 4) is 11.4 Å². The van der Waals surface area contributed by atoms with E-state index in [1.165, 1.54) is 5.56 Å². The lowest BCUT2D eigenvalue weighted by Gasteiger charge is -2.40. The van der Waals surface area contributed by atoms with Crippen LogP contribution in [0, 0.1) is 6.92 Å². The van der Waals surface area contributed by atoms with Gasteiger partial charge in [0.25, 0.3) is 5.89 Å². The Morgan fingerprint density at radius 3 is 2.59 bits per heavy atom. The number of morpholine rings is 1. The Morgan fingerprint density at radius 2 is 1.92 bits per heavy atom. The number of aliphatic hydroxyl groups excluding tert-OH is 1. The van der Waals surface area contributed by atoms with Crippen LogP contribution < -0.4 is 5.32 Å². The number of imidazole rings is 1. The van der Waals surface area contributed by atoms with Gasteiger partial charge in [-0.05, 0) is 51.5 Å². The maximum Gasteiger partial charge on any atom is 0.257 e. The third-order valence-electron chi connectivity index (χ3n) is 6.06. The lowest BCUT2D eigenvalue weighted by atomic mass is 10.0. The van der Waals surface area contributed by atoms with Gasteiger partial charge in [0, 0.05) is 50.2 Å². The van der Waals surface area contributed by atoms with Crippen LogP contribution in [0.5, 0.6) is 0 Å². The third-order valence-corrected chi connectivity index (χ3v) is 6.06. The Morgan fingerprint density at radius 1 is 1.18 bits per heavy atom. The summed E-state index contributed by atoms with van der Waals surface area (Å²) in [6, 6.07) is 11.7. The Bertz CT molecular complexity index is 1310. The number of benzene rings is 1. The van der Waals surface area contributed by atoms with Crippen molar-refractivity contribution in [1.29, 1.82) is 0 Å². The molecule has 3 aromatic heterocycles. The molecule has 1 aromatic carbocycles. The van der Waals surface area contributed by atoms with Crippen molar-refractivity contribution < 1.29 is 24.0 Å². The van der Waals surface area contributed by atoms with Crippen LogP contribution in [0.2, 0.25) is 0 Å². The van der Waals surface area contributed by atoms with Crippen LogP contribution in [0.1, 0.15) is 48.8 Å². The highest BCUT2D eigenvalue weighted by Crippen LogP contribution is 2.28. The van der Waals surface area contributed by atoms with Crippen molar-refractivity contribution in [2.75, 3.05) is 39.2 Å². The number of hydrogen-bond donors (Lipinski definition) is 2. The maximum absolute atomic E-state index is 10.4. The average molecular weight is 539 g/mol. The Labute approximate surface area is 228 Å². The topological polar surface area (TPSA) is 135 Å². The van der Waals surface area contributed by atoms with Crippen molar-refractivity contribution in [2.45, 2.75) is 39.3 Å². The molecule has 0 radical (unpaired) electrons. The normalized spacial score (nSPS) is 15.1. The molecular weight excluding hydrogens is 500 g/mol. The number of aryl methyl sites for hydroxylation is 1. The van der Waals surface area contributed by atoms with Crippen molar-refractivity contribution in [2.24, 2.45) is 0 Å². The van der Waals surface area contributed by atoms with Gasteiger partial charge in [0.15, 0.2) is 6.29 Å². The summed E-state index contributed by atoms with van der Waals surface area (Å²) in [4.78, 5) is 29.4. The van der Waals surface area contributed by atoms with Gasteiger partial charge < -0.3 is 24.5 Å². The second-order valence-electron chi connectivity index (χ2n) is 9.44. The molecule has 0 spiro atoms. The number of anilines is 1. The zero-order chi connectivity index (χ0) is 29.0. The molecule has 0 amide bonds. The predicted octanol–water partition coefficient (Wildman–Crippen LogP) is 3.83. The molecule has 5 rings (SSSR count). The van der Waals surface area contributed by atoms with Crippen LogP contribution in [-0.4, -0.2) is 82.0 Å². The maximum atomic E-state index is 10.4. The van der Waals surface area contributed by atoms with E-state index in [9.17, 15) is 4.79 Å². The summed E-state index contributed by atoms with van der Waals surface area (Å²) in [6.45, 7) is 13.0. The van der Waals surface area contributed by atoms with Crippen LogP contribution in [0.15, 0.2) is 53.3 Å². The number of aromatic nitrogens is 4. The summed E-state index contributed by atoms with van der Waals surface area (Å²) in [7, 11) is 2.91. The molecule has 11 nitrogen and oxygen atoms in total. The van der Waals surface area contributed by atoms with Gasteiger partial charge in [-0.25, -0.2) is 4.98 Å². The number of pyridine rings is 1. The predicted molar refractivity (Wildman–Crippen MR) is 150 cm³/mol. The largest absolute Gasteiger partial charge is 0.400 e. The summed E-state index contributed by atoms with van der Waals surface area (Å²) in [6.07, 6.45) is 3.99. The smallest absolute Gasteiger partial charge is 0.257 e. The fraction of sp³-hybridized carbons (Fsp3) is 0.393. The van der Waals surface area contributed by atoms with E-state index >= 15 is 0 Å². The van der Waals surface area contributed by atoms with E-state index in [1.807, 2.05) is 50.4 Å². The lowest BCUT2D eigenvalue weighted by molar-refractivity contribution is -0.0980. The highest BCUT2D eigenvalue weighted by Gasteiger charge is 2.32. The monoisotopic (exact) mass is 538 g/mol. The molecule has 11 heteroatoms. The molecule has 4 heterocycles. The molecule has 1 aliphatic heterocycles. The summed E-state index contributed by atoms with van der Waals surface area (Å²) in [5, 5.41) is 14.3. The van der Waals surface area contributed by atoms with Crippen LogP contribution in [0.25, 0.3) is 17.0 Å². The Hall–Kier alpha value is -3.93. The minimum absolute atomic E-state index is 0.101. The van der Waals surface area contributed by atoms with Gasteiger partial charge in [0.05, 0.1) is 12.8 Å².